The first kappa shape index (κ1) is 17.2. The van der Waals surface area contributed by atoms with Crippen LogP contribution in [0.3, 0.4) is 0 Å². The predicted molar refractivity (Wildman–Crippen MR) is 103 cm³/mol. The molecule has 2 aliphatic rings. The smallest absolute Gasteiger partial charge is 0.252 e. The number of hydrogen-bond donors (Lipinski definition) is 3. The second-order valence-electron chi connectivity index (χ2n) is 6.63. The van der Waals surface area contributed by atoms with E-state index in [9.17, 15) is 14.7 Å². The first-order valence-corrected chi connectivity index (χ1v) is 8.80. The van der Waals surface area contributed by atoms with Crippen LogP contribution in [0.1, 0.15) is 23.5 Å². The molecule has 0 fully saturated rings. The van der Waals surface area contributed by atoms with Gasteiger partial charge in [0.1, 0.15) is 5.84 Å². The Balaban J connectivity index is 1.47. The summed E-state index contributed by atoms with van der Waals surface area (Å²) < 4.78 is 0. The molecule has 2 aromatic rings. The molecular formula is C21H19N3O3. The quantitative estimate of drug-likeness (QED) is 0.764. The van der Waals surface area contributed by atoms with Crippen molar-refractivity contribution in [3.05, 3.63) is 65.7 Å². The summed E-state index contributed by atoms with van der Waals surface area (Å²) in [6, 6.07) is 13.7. The maximum atomic E-state index is 12.3. The number of aliphatic hydroxyl groups is 1. The topological polar surface area (TPSA) is 93.5 Å². The molecule has 1 aliphatic heterocycles. The van der Waals surface area contributed by atoms with Crippen LogP contribution in [-0.4, -0.2) is 40.8 Å². The Hall–Kier alpha value is -3.25. The number of fused-ring (bicyclic) bond motifs is 3. The molecule has 1 heterocycles. The van der Waals surface area contributed by atoms with Crippen molar-refractivity contribution in [1.82, 2.24) is 4.90 Å². The number of rotatable bonds is 5. The number of nitrogens with one attached hydrogen (secondary N) is 2. The van der Waals surface area contributed by atoms with Gasteiger partial charge in [-0.25, -0.2) is 0 Å². The lowest BCUT2D eigenvalue weighted by Gasteiger charge is -2.16. The number of anilines is 1. The molecule has 0 spiro atoms. The molecular weight excluding hydrogens is 342 g/mol. The molecule has 2 aromatic carbocycles. The minimum atomic E-state index is -0.270. The van der Waals surface area contributed by atoms with E-state index in [1.54, 1.807) is 0 Å². The molecule has 3 N–H and O–H groups in total. The second-order valence-corrected chi connectivity index (χ2v) is 6.63. The highest BCUT2D eigenvalue weighted by molar-refractivity contribution is 6.14. The fourth-order valence-electron chi connectivity index (χ4n) is 3.70. The summed E-state index contributed by atoms with van der Waals surface area (Å²) in [5, 5.41) is 20.3. The zero-order valence-electron chi connectivity index (χ0n) is 14.6. The zero-order valence-corrected chi connectivity index (χ0v) is 14.6. The van der Waals surface area contributed by atoms with Crippen LogP contribution in [0.5, 0.6) is 0 Å². The van der Waals surface area contributed by atoms with Crippen molar-refractivity contribution in [1.29, 1.82) is 5.41 Å². The summed E-state index contributed by atoms with van der Waals surface area (Å²) in [4.78, 5) is 25.1. The number of benzene rings is 2. The molecule has 0 saturated heterocycles. The van der Waals surface area contributed by atoms with Crippen LogP contribution in [-0.2, 0) is 9.59 Å². The van der Waals surface area contributed by atoms with Crippen molar-refractivity contribution >= 4 is 23.3 Å². The number of carbonyl (C=O) groups is 2. The SMILES string of the molecule is N=C1C=CC(=O)N1CCC(=O)Nc1ccc2c(c1)C(CO)c1ccccc1-2. The molecule has 0 radical (unpaired) electrons. The molecule has 136 valence electrons. The number of amidine groups is 1. The number of hydrogen-bond acceptors (Lipinski definition) is 4. The molecule has 6 heteroatoms. The Labute approximate surface area is 156 Å². The van der Waals surface area contributed by atoms with Gasteiger partial charge in [0.05, 0.1) is 6.61 Å². The lowest BCUT2D eigenvalue weighted by Crippen LogP contribution is -2.32. The van der Waals surface area contributed by atoms with E-state index < -0.39 is 0 Å². The van der Waals surface area contributed by atoms with Gasteiger partial charge >= 0.3 is 0 Å². The monoisotopic (exact) mass is 361 g/mol. The number of carbonyl (C=O) groups excluding carboxylic acids is 2. The van der Waals surface area contributed by atoms with Crippen LogP contribution >= 0.6 is 0 Å². The standard InChI is InChI=1S/C21H19N3O3/c22-19-7-8-21(27)24(19)10-9-20(26)23-13-5-6-16-14-3-1-2-4-15(14)18(12-25)17(16)11-13/h1-8,11,18,22,25H,9-10,12H2,(H,23,26). The van der Waals surface area contributed by atoms with Crippen molar-refractivity contribution in [2.75, 3.05) is 18.5 Å². The molecule has 0 aromatic heterocycles. The van der Waals surface area contributed by atoms with Crippen LogP contribution in [0, 0.1) is 5.41 Å². The second kappa shape index (κ2) is 6.81. The number of aliphatic hydroxyl groups excluding tert-OH is 1. The minimum Gasteiger partial charge on any atom is -0.395 e. The van der Waals surface area contributed by atoms with Gasteiger partial charge in [-0.3, -0.25) is 19.9 Å². The van der Waals surface area contributed by atoms with Crippen LogP contribution in [0.2, 0.25) is 0 Å². The van der Waals surface area contributed by atoms with Crippen molar-refractivity contribution in [3.8, 4) is 11.1 Å². The zero-order chi connectivity index (χ0) is 19.0. The van der Waals surface area contributed by atoms with E-state index in [0.29, 0.717) is 5.69 Å². The van der Waals surface area contributed by atoms with Gasteiger partial charge in [0.15, 0.2) is 0 Å². The third-order valence-corrected chi connectivity index (χ3v) is 5.02. The Bertz CT molecular complexity index is 962. The van der Waals surface area contributed by atoms with Crippen molar-refractivity contribution in [2.45, 2.75) is 12.3 Å². The van der Waals surface area contributed by atoms with Gasteiger partial charge in [-0.05, 0) is 40.5 Å². The van der Waals surface area contributed by atoms with Crippen molar-refractivity contribution in [3.63, 3.8) is 0 Å². The van der Waals surface area contributed by atoms with Crippen LogP contribution in [0.15, 0.2) is 54.6 Å². The van der Waals surface area contributed by atoms with Crippen molar-refractivity contribution < 1.29 is 14.7 Å². The first-order chi connectivity index (χ1) is 13.1. The molecule has 1 aliphatic carbocycles. The molecule has 27 heavy (non-hydrogen) atoms. The van der Waals surface area contributed by atoms with Gasteiger partial charge in [-0.1, -0.05) is 30.3 Å². The van der Waals surface area contributed by atoms with Gasteiger partial charge in [0, 0.05) is 30.6 Å². The minimum absolute atomic E-state index is 0.00754. The third-order valence-electron chi connectivity index (χ3n) is 5.02. The van der Waals surface area contributed by atoms with E-state index >= 15 is 0 Å². The van der Waals surface area contributed by atoms with E-state index in [0.717, 1.165) is 22.3 Å². The molecule has 4 rings (SSSR count). The average Bonchev–Trinajstić information content (AvgIpc) is 3.16. The summed E-state index contributed by atoms with van der Waals surface area (Å²) in [5.74, 6) is -0.483. The number of amides is 2. The van der Waals surface area contributed by atoms with Gasteiger partial charge in [0.2, 0.25) is 5.91 Å². The average molecular weight is 361 g/mol. The normalized spacial score (nSPS) is 17.2. The van der Waals surface area contributed by atoms with Crippen LogP contribution in [0.25, 0.3) is 11.1 Å². The lowest BCUT2D eigenvalue weighted by molar-refractivity contribution is -0.122. The van der Waals surface area contributed by atoms with Crippen LogP contribution < -0.4 is 5.32 Å². The third kappa shape index (κ3) is 3.04. The van der Waals surface area contributed by atoms with E-state index in [-0.39, 0.29) is 43.1 Å². The number of nitrogens with zero attached hydrogens (tertiary/aromatic N) is 1. The summed E-state index contributed by atoms with van der Waals surface area (Å²) in [7, 11) is 0. The molecule has 1 unspecified atom stereocenters. The summed E-state index contributed by atoms with van der Waals surface area (Å²) in [5.41, 5.74) is 4.94. The highest BCUT2D eigenvalue weighted by Crippen LogP contribution is 2.45. The highest BCUT2D eigenvalue weighted by atomic mass is 16.3. The Kier molecular flexibility index (Phi) is 4.33. The fraction of sp³-hybridized carbons (Fsp3) is 0.190. The van der Waals surface area contributed by atoms with E-state index in [1.165, 1.54) is 17.1 Å². The molecule has 0 bridgehead atoms. The summed E-state index contributed by atoms with van der Waals surface area (Å²) in [6.07, 6.45) is 2.86. The van der Waals surface area contributed by atoms with Gasteiger partial charge < -0.3 is 10.4 Å². The highest BCUT2D eigenvalue weighted by Gasteiger charge is 2.28. The maximum absolute atomic E-state index is 12.3. The lowest BCUT2D eigenvalue weighted by atomic mass is 9.98. The van der Waals surface area contributed by atoms with Crippen molar-refractivity contribution in [2.24, 2.45) is 0 Å². The van der Waals surface area contributed by atoms with Gasteiger partial charge in [-0.2, -0.15) is 0 Å². The predicted octanol–water partition coefficient (Wildman–Crippen LogP) is 2.50. The Morgan fingerprint density at radius 2 is 1.89 bits per heavy atom. The van der Waals surface area contributed by atoms with Gasteiger partial charge in [-0.15, -0.1) is 0 Å². The van der Waals surface area contributed by atoms with E-state index in [4.69, 9.17) is 5.41 Å². The van der Waals surface area contributed by atoms with Crippen LogP contribution in [0.4, 0.5) is 5.69 Å². The largest absolute Gasteiger partial charge is 0.395 e. The van der Waals surface area contributed by atoms with E-state index in [1.807, 2.05) is 42.5 Å². The molecule has 1 atom stereocenters. The maximum Gasteiger partial charge on any atom is 0.252 e. The summed E-state index contributed by atoms with van der Waals surface area (Å²) in [6.45, 7) is 0.180. The Morgan fingerprint density at radius 1 is 1.11 bits per heavy atom. The van der Waals surface area contributed by atoms with E-state index in [2.05, 4.69) is 5.32 Å². The molecule has 2 amide bonds. The Morgan fingerprint density at radius 3 is 2.63 bits per heavy atom. The first-order valence-electron chi connectivity index (χ1n) is 8.80. The molecule has 6 nitrogen and oxygen atoms in total. The summed E-state index contributed by atoms with van der Waals surface area (Å²) >= 11 is 0. The van der Waals surface area contributed by atoms with Gasteiger partial charge in [0.25, 0.3) is 5.91 Å². The fourth-order valence-corrected chi connectivity index (χ4v) is 3.70. The molecule has 0 saturated carbocycles.